The summed E-state index contributed by atoms with van der Waals surface area (Å²) in [5.74, 6) is 0. The zero-order chi connectivity index (χ0) is 10.4. The fourth-order valence-corrected chi connectivity index (χ4v) is 1.58. The highest BCUT2D eigenvalue weighted by atomic mass is 32.2. The van der Waals surface area contributed by atoms with Crippen LogP contribution in [0.1, 0.15) is 13.3 Å². The SMILES string of the molecule is CC(CNCC1CCOCO1)S(C)=O. The van der Waals surface area contributed by atoms with Crippen molar-refractivity contribution in [2.45, 2.75) is 24.7 Å². The molecule has 0 aromatic rings. The molecular formula is C9H19NO3S. The second kappa shape index (κ2) is 6.50. The third-order valence-corrected chi connectivity index (χ3v) is 3.64. The van der Waals surface area contributed by atoms with E-state index in [1.807, 2.05) is 6.92 Å². The van der Waals surface area contributed by atoms with Crippen molar-refractivity contribution in [3.8, 4) is 0 Å². The molecule has 4 nitrogen and oxygen atoms in total. The smallest absolute Gasteiger partial charge is 0.147 e. The summed E-state index contributed by atoms with van der Waals surface area (Å²) in [6.45, 7) is 4.77. The molecule has 0 radical (unpaired) electrons. The minimum atomic E-state index is -0.745. The van der Waals surface area contributed by atoms with Crippen molar-refractivity contribution in [1.82, 2.24) is 5.32 Å². The van der Waals surface area contributed by atoms with Gasteiger partial charge in [-0.05, 0) is 13.3 Å². The van der Waals surface area contributed by atoms with Gasteiger partial charge in [-0.2, -0.15) is 0 Å². The van der Waals surface area contributed by atoms with E-state index in [1.54, 1.807) is 6.26 Å². The van der Waals surface area contributed by atoms with E-state index in [1.165, 1.54) is 0 Å². The van der Waals surface area contributed by atoms with E-state index in [0.717, 1.165) is 26.1 Å². The van der Waals surface area contributed by atoms with Gasteiger partial charge in [-0.1, -0.05) is 0 Å². The zero-order valence-corrected chi connectivity index (χ0v) is 9.64. The average Bonchev–Trinajstić information content (AvgIpc) is 2.19. The van der Waals surface area contributed by atoms with E-state index in [4.69, 9.17) is 9.47 Å². The monoisotopic (exact) mass is 221 g/mol. The minimum absolute atomic E-state index is 0.204. The van der Waals surface area contributed by atoms with Gasteiger partial charge in [0.1, 0.15) is 6.79 Å². The van der Waals surface area contributed by atoms with Crippen molar-refractivity contribution in [3.63, 3.8) is 0 Å². The molecule has 0 aromatic heterocycles. The second-order valence-electron chi connectivity index (χ2n) is 3.57. The fourth-order valence-electron chi connectivity index (χ4n) is 1.23. The first kappa shape index (κ1) is 12.1. The van der Waals surface area contributed by atoms with Gasteiger partial charge in [-0.25, -0.2) is 0 Å². The zero-order valence-electron chi connectivity index (χ0n) is 8.82. The summed E-state index contributed by atoms with van der Waals surface area (Å²) < 4.78 is 21.5. The summed E-state index contributed by atoms with van der Waals surface area (Å²) >= 11 is 0. The number of rotatable bonds is 5. The first-order valence-electron chi connectivity index (χ1n) is 4.92. The van der Waals surface area contributed by atoms with Crippen molar-refractivity contribution in [3.05, 3.63) is 0 Å². The van der Waals surface area contributed by atoms with Gasteiger partial charge in [0.15, 0.2) is 0 Å². The van der Waals surface area contributed by atoms with Crippen LogP contribution >= 0.6 is 0 Å². The van der Waals surface area contributed by atoms with Gasteiger partial charge in [0.2, 0.25) is 0 Å². The van der Waals surface area contributed by atoms with E-state index >= 15 is 0 Å². The predicted octanol–water partition coefficient (Wildman–Crippen LogP) is 0.106. The van der Waals surface area contributed by atoms with Crippen LogP contribution in [0.2, 0.25) is 0 Å². The molecule has 1 rings (SSSR count). The molecular weight excluding hydrogens is 202 g/mol. The number of hydrogen-bond acceptors (Lipinski definition) is 4. The Labute approximate surface area is 87.8 Å². The van der Waals surface area contributed by atoms with Crippen molar-refractivity contribution in [2.24, 2.45) is 0 Å². The summed E-state index contributed by atoms with van der Waals surface area (Å²) in [6.07, 6.45) is 2.93. The molecule has 3 atom stereocenters. The molecule has 0 aliphatic carbocycles. The van der Waals surface area contributed by atoms with Gasteiger partial charge in [-0.3, -0.25) is 4.21 Å². The van der Waals surface area contributed by atoms with Crippen LogP contribution in [-0.2, 0) is 20.3 Å². The van der Waals surface area contributed by atoms with Gasteiger partial charge < -0.3 is 14.8 Å². The lowest BCUT2D eigenvalue weighted by molar-refractivity contribution is -0.137. The molecule has 14 heavy (non-hydrogen) atoms. The van der Waals surface area contributed by atoms with Gasteiger partial charge >= 0.3 is 0 Å². The minimum Gasteiger partial charge on any atom is -0.355 e. The molecule has 1 saturated heterocycles. The summed E-state index contributed by atoms with van der Waals surface area (Å²) in [5.41, 5.74) is 0. The number of hydrogen-bond donors (Lipinski definition) is 1. The highest BCUT2D eigenvalue weighted by Gasteiger charge is 2.14. The molecule has 1 heterocycles. The molecule has 0 aromatic carbocycles. The second-order valence-corrected chi connectivity index (χ2v) is 5.37. The molecule has 0 spiro atoms. The Kier molecular flexibility index (Phi) is 5.62. The topological polar surface area (TPSA) is 47.6 Å². The molecule has 0 saturated carbocycles. The summed E-state index contributed by atoms with van der Waals surface area (Å²) in [5, 5.41) is 3.47. The van der Waals surface area contributed by atoms with Crippen LogP contribution in [0.3, 0.4) is 0 Å². The van der Waals surface area contributed by atoms with Gasteiger partial charge in [0, 0.05) is 35.4 Å². The Morgan fingerprint density at radius 1 is 1.64 bits per heavy atom. The third kappa shape index (κ3) is 4.50. The molecule has 84 valence electrons. The normalized spacial score (nSPS) is 27.1. The Balaban J connectivity index is 2.05. The van der Waals surface area contributed by atoms with Gasteiger partial charge in [-0.15, -0.1) is 0 Å². The van der Waals surface area contributed by atoms with Crippen LogP contribution in [0, 0.1) is 0 Å². The molecule has 0 amide bonds. The lowest BCUT2D eigenvalue weighted by atomic mass is 10.2. The average molecular weight is 221 g/mol. The van der Waals surface area contributed by atoms with E-state index < -0.39 is 10.8 Å². The Morgan fingerprint density at radius 3 is 3.00 bits per heavy atom. The van der Waals surface area contributed by atoms with E-state index in [-0.39, 0.29) is 11.4 Å². The quantitative estimate of drug-likeness (QED) is 0.715. The molecule has 0 bridgehead atoms. The van der Waals surface area contributed by atoms with Crippen molar-refractivity contribution in [1.29, 1.82) is 0 Å². The van der Waals surface area contributed by atoms with Crippen molar-refractivity contribution < 1.29 is 13.7 Å². The Morgan fingerprint density at radius 2 is 2.43 bits per heavy atom. The first-order chi connectivity index (χ1) is 6.70. The largest absolute Gasteiger partial charge is 0.355 e. The van der Waals surface area contributed by atoms with Crippen LogP contribution in [-0.4, -0.2) is 48.3 Å². The number of ether oxygens (including phenoxy) is 2. The molecule has 1 fully saturated rings. The Hall–Kier alpha value is 0.0300. The van der Waals surface area contributed by atoms with Crippen LogP contribution in [0.5, 0.6) is 0 Å². The summed E-state index contributed by atoms with van der Waals surface area (Å²) in [4.78, 5) is 0. The fraction of sp³-hybridized carbons (Fsp3) is 1.00. The molecule has 1 aliphatic heterocycles. The van der Waals surface area contributed by atoms with Crippen LogP contribution < -0.4 is 5.32 Å². The van der Waals surface area contributed by atoms with E-state index in [0.29, 0.717) is 6.79 Å². The third-order valence-electron chi connectivity index (χ3n) is 2.34. The number of nitrogens with one attached hydrogen (secondary N) is 1. The van der Waals surface area contributed by atoms with Crippen molar-refractivity contribution >= 4 is 10.8 Å². The van der Waals surface area contributed by atoms with E-state index in [2.05, 4.69) is 5.32 Å². The highest BCUT2D eigenvalue weighted by molar-refractivity contribution is 7.84. The van der Waals surface area contributed by atoms with Crippen LogP contribution in [0.4, 0.5) is 0 Å². The maximum atomic E-state index is 11.0. The summed E-state index contributed by atoms with van der Waals surface area (Å²) in [6, 6.07) is 0. The lowest BCUT2D eigenvalue weighted by Crippen LogP contribution is -2.37. The maximum Gasteiger partial charge on any atom is 0.147 e. The molecule has 3 unspecified atom stereocenters. The highest BCUT2D eigenvalue weighted by Crippen LogP contribution is 2.04. The van der Waals surface area contributed by atoms with Gasteiger partial charge in [0.25, 0.3) is 0 Å². The van der Waals surface area contributed by atoms with Crippen LogP contribution in [0.15, 0.2) is 0 Å². The maximum absolute atomic E-state index is 11.0. The first-order valence-corrected chi connectivity index (χ1v) is 6.54. The Bertz CT molecular complexity index is 183. The molecule has 1 aliphatic rings. The molecule has 1 N–H and O–H groups in total. The standard InChI is InChI=1S/C9H19NO3S/c1-8(14(2)11)5-10-6-9-3-4-12-7-13-9/h8-10H,3-7H2,1-2H3. The molecule has 5 heteroatoms. The predicted molar refractivity (Wildman–Crippen MR) is 56.7 cm³/mol. The van der Waals surface area contributed by atoms with E-state index in [9.17, 15) is 4.21 Å². The van der Waals surface area contributed by atoms with Crippen molar-refractivity contribution in [2.75, 3.05) is 32.7 Å². The lowest BCUT2D eigenvalue weighted by Gasteiger charge is -2.23. The van der Waals surface area contributed by atoms with Crippen LogP contribution in [0.25, 0.3) is 0 Å². The summed E-state index contributed by atoms with van der Waals surface area (Å²) in [7, 11) is -0.745. The van der Waals surface area contributed by atoms with Gasteiger partial charge in [0.05, 0.1) is 12.7 Å².